The summed E-state index contributed by atoms with van der Waals surface area (Å²) in [5.74, 6) is -1.85. The molecule has 0 saturated carbocycles. The van der Waals surface area contributed by atoms with E-state index in [2.05, 4.69) is 10.6 Å². The van der Waals surface area contributed by atoms with Gasteiger partial charge in [-0.2, -0.15) is 0 Å². The lowest BCUT2D eigenvalue weighted by Crippen LogP contribution is -2.35. The Balaban J connectivity index is 2.10. The van der Waals surface area contributed by atoms with Crippen LogP contribution in [0.1, 0.15) is 16.8 Å². The number of carboxylic acids is 1. The van der Waals surface area contributed by atoms with E-state index in [1.54, 1.807) is 24.3 Å². The van der Waals surface area contributed by atoms with Crippen LogP contribution < -0.4 is 10.6 Å². The lowest BCUT2D eigenvalue weighted by Gasteiger charge is -2.06. The van der Waals surface area contributed by atoms with Gasteiger partial charge in [-0.1, -0.05) is 42.1 Å². The summed E-state index contributed by atoms with van der Waals surface area (Å²) in [6.45, 7) is 0.580. The number of carbonyl (C=O) groups is 4. The SMILES string of the molecule is O=C(O)CC(=O)CNCCNC(=O)CSC(=O)c1ccccc1. The molecule has 1 aromatic carbocycles. The Morgan fingerprint density at radius 2 is 1.74 bits per heavy atom. The molecule has 124 valence electrons. The number of rotatable bonds is 10. The van der Waals surface area contributed by atoms with Crippen LogP contribution in [-0.2, 0) is 14.4 Å². The number of ketones is 1. The van der Waals surface area contributed by atoms with Crippen molar-refractivity contribution >= 4 is 34.5 Å². The average molecular weight is 338 g/mol. The molecule has 0 saturated heterocycles. The van der Waals surface area contributed by atoms with Crippen molar-refractivity contribution in [1.29, 1.82) is 0 Å². The van der Waals surface area contributed by atoms with Gasteiger partial charge in [0, 0.05) is 18.7 Å². The van der Waals surface area contributed by atoms with Gasteiger partial charge in [-0.25, -0.2) is 0 Å². The molecule has 0 aliphatic heterocycles. The van der Waals surface area contributed by atoms with Crippen molar-refractivity contribution in [2.24, 2.45) is 0 Å². The number of hydrogen-bond donors (Lipinski definition) is 3. The van der Waals surface area contributed by atoms with Crippen LogP contribution in [0.5, 0.6) is 0 Å². The van der Waals surface area contributed by atoms with Crippen molar-refractivity contribution < 1.29 is 24.3 Å². The van der Waals surface area contributed by atoms with Crippen LogP contribution in [0, 0.1) is 0 Å². The Morgan fingerprint density at radius 1 is 1.04 bits per heavy atom. The fourth-order valence-corrected chi connectivity index (χ4v) is 2.26. The van der Waals surface area contributed by atoms with Gasteiger partial charge in [-0.3, -0.25) is 19.2 Å². The van der Waals surface area contributed by atoms with Gasteiger partial charge in [0.05, 0.1) is 12.3 Å². The quantitative estimate of drug-likeness (QED) is 0.416. The lowest BCUT2D eigenvalue weighted by molar-refractivity contribution is -0.140. The Bertz CT molecular complexity index is 562. The highest BCUT2D eigenvalue weighted by molar-refractivity contribution is 8.14. The van der Waals surface area contributed by atoms with E-state index < -0.39 is 18.2 Å². The molecule has 0 fully saturated rings. The minimum Gasteiger partial charge on any atom is -0.481 e. The highest BCUT2D eigenvalue weighted by atomic mass is 32.2. The molecule has 1 amide bonds. The molecule has 0 unspecified atom stereocenters. The van der Waals surface area contributed by atoms with E-state index in [0.717, 1.165) is 11.8 Å². The molecule has 0 bridgehead atoms. The van der Waals surface area contributed by atoms with Crippen molar-refractivity contribution in [3.05, 3.63) is 35.9 Å². The topological polar surface area (TPSA) is 113 Å². The molecule has 3 N–H and O–H groups in total. The minimum atomic E-state index is -1.16. The normalized spacial score (nSPS) is 10.1. The molecule has 0 heterocycles. The second kappa shape index (κ2) is 10.5. The Kier molecular flexibility index (Phi) is 8.63. The van der Waals surface area contributed by atoms with E-state index in [1.165, 1.54) is 0 Å². The van der Waals surface area contributed by atoms with Crippen molar-refractivity contribution in [3.63, 3.8) is 0 Å². The highest BCUT2D eigenvalue weighted by Gasteiger charge is 2.09. The largest absolute Gasteiger partial charge is 0.481 e. The maximum Gasteiger partial charge on any atom is 0.310 e. The molecule has 0 aliphatic carbocycles. The summed E-state index contributed by atoms with van der Waals surface area (Å²) in [5.41, 5.74) is 0.545. The van der Waals surface area contributed by atoms with E-state index in [1.807, 2.05) is 6.07 Å². The first-order chi connectivity index (χ1) is 11.0. The summed E-state index contributed by atoms with van der Waals surface area (Å²) < 4.78 is 0. The standard InChI is InChI=1S/C15H18N2O5S/c18-12(8-14(20)21)9-16-6-7-17-13(19)10-23-15(22)11-4-2-1-3-5-11/h1-5,16H,6-10H2,(H,17,19)(H,20,21). The van der Waals surface area contributed by atoms with E-state index in [4.69, 9.17) is 5.11 Å². The summed E-state index contributed by atoms with van der Waals surface area (Å²) in [7, 11) is 0. The molecular formula is C15H18N2O5S. The summed E-state index contributed by atoms with van der Waals surface area (Å²) in [5, 5.41) is 13.6. The molecular weight excluding hydrogens is 320 g/mol. The van der Waals surface area contributed by atoms with Crippen LogP contribution in [-0.4, -0.2) is 53.3 Å². The maximum atomic E-state index is 11.8. The molecule has 0 radical (unpaired) electrons. The Labute approximate surface area is 137 Å². The number of nitrogens with one attached hydrogen (secondary N) is 2. The molecule has 1 aromatic rings. The molecule has 7 nitrogen and oxygen atoms in total. The van der Waals surface area contributed by atoms with Crippen molar-refractivity contribution in [2.45, 2.75) is 6.42 Å². The van der Waals surface area contributed by atoms with Crippen LogP contribution >= 0.6 is 11.8 Å². The zero-order valence-corrected chi connectivity index (χ0v) is 13.2. The Morgan fingerprint density at radius 3 is 2.39 bits per heavy atom. The number of thioether (sulfide) groups is 1. The lowest BCUT2D eigenvalue weighted by atomic mass is 10.2. The Hall–Kier alpha value is -2.19. The third kappa shape index (κ3) is 8.74. The van der Waals surface area contributed by atoms with E-state index in [9.17, 15) is 19.2 Å². The van der Waals surface area contributed by atoms with Gasteiger partial charge in [-0.15, -0.1) is 0 Å². The molecule has 0 aromatic heterocycles. The summed E-state index contributed by atoms with van der Waals surface area (Å²) in [6, 6.07) is 8.69. The predicted molar refractivity (Wildman–Crippen MR) is 86.4 cm³/mol. The number of Topliss-reactive ketones (excluding diaryl/α,β-unsaturated/α-hetero) is 1. The number of carbonyl (C=O) groups excluding carboxylic acids is 3. The van der Waals surface area contributed by atoms with Gasteiger partial charge in [0.15, 0.2) is 5.78 Å². The fraction of sp³-hybridized carbons (Fsp3) is 0.333. The van der Waals surface area contributed by atoms with Crippen LogP contribution in [0.3, 0.4) is 0 Å². The van der Waals surface area contributed by atoms with Gasteiger partial charge in [-0.05, 0) is 0 Å². The molecule has 0 atom stereocenters. The first-order valence-electron chi connectivity index (χ1n) is 6.92. The van der Waals surface area contributed by atoms with E-state index in [-0.39, 0.29) is 23.3 Å². The van der Waals surface area contributed by atoms with Gasteiger partial charge in [0.2, 0.25) is 11.0 Å². The minimum absolute atomic E-state index is 0.0195. The van der Waals surface area contributed by atoms with Gasteiger partial charge < -0.3 is 15.7 Å². The smallest absolute Gasteiger partial charge is 0.310 e. The van der Waals surface area contributed by atoms with Crippen molar-refractivity contribution in [3.8, 4) is 0 Å². The third-order valence-corrected chi connectivity index (χ3v) is 3.54. The average Bonchev–Trinajstić information content (AvgIpc) is 2.52. The van der Waals surface area contributed by atoms with Gasteiger partial charge in [0.25, 0.3) is 0 Å². The number of aliphatic carboxylic acids is 1. The van der Waals surface area contributed by atoms with Gasteiger partial charge in [0.1, 0.15) is 6.42 Å². The molecule has 23 heavy (non-hydrogen) atoms. The van der Waals surface area contributed by atoms with Crippen LogP contribution in [0.4, 0.5) is 0 Å². The van der Waals surface area contributed by atoms with Crippen LogP contribution in [0.15, 0.2) is 30.3 Å². The van der Waals surface area contributed by atoms with Gasteiger partial charge >= 0.3 is 5.97 Å². The van der Waals surface area contributed by atoms with E-state index >= 15 is 0 Å². The summed E-state index contributed by atoms with van der Waals surface area (Å²) in [6.07, 6.45) is -0.516. The fourth-order valence-electron chi connectivity index (χ4n) is 1.59. The molecule has 0 spiro atoms. The first kappa shape index (κ1) is 18.9. The molecule has 0 aliphatic rings. The van der Waals surface area contributed by atoms with Crippen LogP contribution in [0.2, 0.25) is 0 Å². The summed E-state index contributed by atoms with van der Waals surface area (Å²) >= 11 is 0.922. The second-order valence-corrected chi connectivity index (χ2v) is 5.53. The maximum absolute atomic E-state index is 11.8. The van der Waals surface area contributed by atoms with Crippen molar-refractivity contribution in [1.82, 2.24) is 10.6 Å². The number of hydrogen-bond acceptors (Lipinski definition) is 6. The second-order valence-electron chi connectivity index (χ2n) is 4.58. The molecule has 1 rings (SSSR count). The third-order valence-electron chi connectivity index (χ3n) is 2.64. The number of benzene rings is 1. The van der Waals surface area contributed by atoms with E-state index in [0.29, 0.717) is 18.7 Å². The van der Waals surface area contributed by atoms with Crippen molar-refractivity contribution in [2.75, 3.05) is 25.4 Å². The number of carboxylic acid groups (broad SMARTS) is 1. The first-order valence-corrected chi connectivity index (χ1v) is 7.90. The predicted octanol–water partition coefficient (Wildman–Crippen LogP) is 0.310. The monoisotopic (exact) mass is 338 g/mol. The molecule has 8 heteroatoms. The zero-order valence-electron chi connectivity index (χ0n) is 12.4. The summed E-state index contributed by atoms with van der Waals surface area (Å²) in [4.78, 5) is 44.7. The highest BCUT2D eigenvalue weighted by Crippen LogP contribution is 2.11. The zero-order chi connectivity index (χ0) is 17.1. The number of amides is 1. The van der Waals surface area contributed by atoms with Crippen LogP contribution in [0.25, 0.3) is 0 Å².